The predicted molar refractivity (Wildman–Crippen MR) is 102 cm³/mol. The molecule has 7 nitrogen and oxygen atoms in total. The van der Waals surface area contributed by atoms with Crippen molar-refractivity contribution < 1.29 is 23.8 Å². The molecule has 2 rings (SSSR count). The van der Waals surface area contributed by atoms with Gasteiger partial charge in [0.15, 0.2) is 0 Å². The number of unbranched alkanes of at least 4 members (excludes halogenated alkanes) is 1. The Morgan fingerprint density at radius 1 is 1.15 bits per heavy atom. The maximum absolute atomic E-state index is 12.5. The Kier molecular flexibility index (Phi) is 7.52. The number of carbonyl (C=O) groups excluding carboxylic acids is 2. The Hall–Kier alpha value is -2.70. The molecule has 0 aromatic heterocycles. The summed E-state index contributed by atoms with van der Waals surface area (Å²) in [5.74, 6) is 0.751. The average Bonchev–Trinajstić information content (AvgIpc) is 2.66. The quantitative estimate of drug-likeness (QED) is 0.645. The van der Waals surface area contributed by atoms with Crippen LogP contribution in [0.4, 0.5) is 4.79 Å². The van der Waals surface area contributed by atoms with Gasteiger partial charge in [-0.3, -0.25) is 0 Å². The Labute approximate surface area is 160 Å². The first-order chi connectivity index (χ1) is 13.0. The standard InChI is InChI=1S/C20H28N2O5/c1-5-8-9-15-17(19(23)25-4)18(22-20(24)21-15)14-11-10-13(26-6-2)12-16(14)27-7-3/h10-12,18H,5-9H2,1-4H3,(H2,21,22,24). The average molecular weight is 376 g/mol. The molecule has 27 heavy (non-hydrogen) atoms. The van der Waals surface area contributed by atoms with Gasteiger partial charge in [-0.1, -0.05) is 13.3 Å². The van der Waals surface area contributed by atoms with Crippen molar-refractivity contribution in [1.82, 2.24) is 10.6 Å². The van der Waals surface area contributed by atoms with E-state index in [0.29, 0.717) is 48.0 Å². The van der Waals surface area contributed by atoms with Crippen molar-refractivity contribution in [2.24, 2.45) is 0 Å². The third-order valence-electron chi connectivity index (χ3n) is 4.25. The van der Waals surface area contributed by atoms with Gasteiger partial charge in [0.05, 0.1) is 31.9 Å². The van der Waals surface area contributed by atoms with Crippen LogP contribution in [0.3, 0.4) is 0 Å². The predicted octanol–water partition coefficient (Wildman–Crippen LogP) is 3.46. The first-order valence-corrected chi connectivity index (χ1v) is 9.34. The highest BCUT2D eigenvalue weighted by atomic mass is 16.5. The van der Waals surface area contributed by atoms with Crippen LogP contribution < -0.4 is 20.1 Å². The number of hydrogen-bond acceptors (Lipinski definition) is 5. The number of hydrogen-bond donors (Lipinski definition) is 2. The summed E-state index contributed by atoms with van der Waals surface area (Å²) in [4.78, 5) is 24.8. The number of nitrogens with one attached hydrogen (secondary N) is 2. The largest absolute Gasteiger partial charge is 0.494 e. The van der Waals surface area contributed by atoms with Crippen LogP contribution in [0, 0.1) is 0 Å². The first-order valence-electron chi connectivity index (χ1n) is 9.34. The van der Waals surface area contributed by atoms with Crippen LogP contribution in [0.5, 0.6) is 11.5 Å². The van der Waals surface area contributed by atoms with E-state index >= 15 is 0 Å². The van der Waals surface area contributed by atoms with Crippen molar-refractivity contribution in [1.29, 1.82) is 0 Å². The molecule has 0 bridgehead atoms. The normalized spacial score (nSPS) is 16.4. The number of urea groups is 1. The SMILES string of the molecule is CCCCC1=C(C(=O)OC)C(c2ccc(OCC)cc2OCC)NC(=O)N1. The highest BCUT2D eigenvalue weighted by Crippen LogP contribution is 2.36. The number of benzene rings is 1. The second kappa shape index (κ2) is 9.85. The molecule has 1 aliphatic heterocycles. The summed E-state index contributed by atoms with van der Waals surface area (Å²) in [7, 11) is 1.34. The third-order valence-corrected chi connectivity index (χ3v) is 4.25. The fraction of sp³-hybridized carbons (Fsp3) is 0.500. The molecular weight excluding hydrogens is 348 g/mol. The van der Waals surface area contributed by atoms with Gasteiger partial charge in [-0.25, -0.2) is 9.59 Å². The minimum Gasteiger partial charge on any atom is -0.494 e. The van der Waals surface area contributed by atoms with E-state index in [-0.39, 0.29) is 6.03 Å². The number of allylic oxidation sites excluding steroid dienone is 1. The molecule has 1 unspecified atom stereocenters. The van der Waals surface area contributed by atoms with E-state index in [1.165, 1.54) is 7.11 Å². The summed E-state index contributed by atoms with van der Waals surface area (Å²) in [6.07, 6.45) is 2.38. The Morgan fingerprint density at radius 3 is 2.52 bits per heavy atom. The molecule has 1 aromatic carbocycles. The first kappa shape index (κ1) is 20.6. The highest BCUT2D eigenvalue weighted by Gasteiger charge is 2.34. The van der Waals surface area contributed by atoms with Crippen LogP contribution in [-0.4, -0.2) is 32.3 Å². The Bertz CT molecular complexity index is 714. The summed E-state index contributed by atoms with van der Waals surface area (Å²) in [5.41, 5.74) is 1.67. The Morgan fingerprint density at radius 2 is 1.89 bits per heavy atom. The summed E-state index contributed by atoms with van der Waals surface area (Å²) >= 11 is 0. The molecule has 1 heterocycles. The minimum absolute atomic E-state index is 0.352. The second-order valence-corrected chi connectivity index (χ2v) is 6.08. The van der Waals surface area contributed by atoms with Crippen molar-refractivity contribution in [3.8, 4) is 11.5 Å². The molecule has 0 fully saturated rings. The maximum Gasteiger partial charge on any atom is 0.337 e. The lowest BCUT2D eigenvalue weighted by Crippen LogP contribution is -2.46. The van der Waals surface area contributed by atoms with Gasteiger partial charge >= 0.3 is 12.0 Å². The lowest BCUT2D eigenvalue weighted by Gasteiger charge is -2.30. The molecular formula is C20H28N2O5. The molecule has 7 heteroatoms. The smallest absolute Gasteiger partial charge is 0.337 e. The van der Waals surface area contributed by atoms with Gasteiger partial charge in [-0.15, -0.1) is 0 Å². The van der Waals surface area contributed by atoms with Crippen LogP contribution in [0.2, 0.25) is 0 Å². The van der Waals surface area contributed by atoms with Gasteiger partial charge in [-0.05, 0) is 38.8 Å². The van der Waals surface area contributed by atoms with Crippen molar-refractivity contribution in [3.63, 3.8) is 0 Å². The summed E-state index contributed by atoms with van der Waals surface area (Å²) in [6.45, 7) is 6.81. The topological polar surface area (TPSA) is 85.9 Å². The Balaban J connectivity index is 2.54. The monoisotopic (exact) mass is 376 g/mol. The lowest BCUT2D eigenvalue weighted by atomic mass is 9.92. The molecule has 1 aliphatic rings. The fourth-order valence-corrected chi connectivity index (χ4v) is 3.04. The van der Waals surface area contributed by atoms with E-state index in [1.807, 2.05) is 19.9 Å². The van der Waals surface area contributed by atoms with E-state index in [0.717, 1.165) is 12.8 Å². The molecule has 1 atom stereocenters. The molecule has 148 valence electrons. The van der Waals surface area contributed by atoms with E-state index < -0.39 is 12.0 Å². The van der Waals surface area contributed by atoms with Crippen LogP contribution >= 0.6 is 0 Å². The number of esters is 1. The third kappa shape index (κ3) is 4.93. The van der Waals surface area contributed by atoms with Gasteiger partial charge in [0, 0.05) is 17.3 Å². The molecule has 0 aliphatic carbocycles. The highest BCUT2D eigenvalue weighted by molar-refractivity contribution is 5.95. The zero-order valence-corrected chi connectivity index (χ0v) is 16.4. The van der Waals surface area contributed by atoms with Crippen LogP contribution in [-0.2, 0) is 9.53 Å². The van der Waals surface area contributed by atoms with E-state index in [9.17, 15) is 9.59 Å². The molecule has 0 saturated heterocycles. The summed E-state index contributed by atoms with van der Waals surface area (Å²) in [5, 5.41) is 5.59. The number of ether oxygens (including phenoxy) is 3. The van der Waals surface area contributed by atoms with Crippen molar-refractivity contribution in [2.45, 2.75) is 46.1 Å². The van der Waals surface area contributed by atoms with E-state index in [1.54, 1.807) is 12.1 Å². The van der Waals surface area contributed by atoms with Crippen LogP contribution in [0.15, 0.2) is 29.5 Å². The van der Waals surface area contributed by atoms with E-state index in [2.05, 4.69) is 17.6 Å². The van der Waals surface area contributed by atoms with Crippen LogP contribution in [0.1, 0.15) is 51.6 Å². The van der Waals surface area contributed by atoms with Crippen LogP contribution in [0.25, 0.3) is 0 Å². The molecule has 1 aromatic rings. The number of rotatable bonds is 9. The summed E-state index contributed by atoms with van der Waals surface area (Å²) < 4.78 is 16.3. The molecule has 0 radical (unpaired) electrons. The van der Waals surface area contributed by atoms with Gasteiger partial charge < -0.3 is 24.8 Å². The van der Waals surface area contributed by atoms with Crippen molar-refractivity contribution in [2.75, 3.05) is 20.3 Å². The number of methoxy groups -OCH3 is 1. The molecule has 0 spiro atoms. The number of carbonyl (C=O) groups is 2. The zero-order chi connectivity index (χ0) is 19.8. The van der Waals surface area contributed by atoms with Crippen molar-refractivity contribution in [3.05, 3.63) is 35.0 Å². The zero-order valence-electron chi connectivity index (χ0n) is 16.4. The van der Waals surface area contributed by atoms with Gasteiger partial charge in [-0.2, -0.15) is 0 Å². The van der Waals surface area contributed by atoms with Gasteiger partial charge in [0.2, 0.25) is 0 Å². The van der Waals surface area contributed by atoms with E-state index in [4.69, 9.17) is 14.2 Å². The fourth-order valence-electron chi connectivity index (χ4n) is 3.04. The lowest BCUT2D eigenvalue weighted by molar-refractivity contribution is -0.136. The summed E-state index contributed by atoms with van der Waals surface area (Å²) in [6, 6.07) is 4.38. The molecule has 2 amide bonds. The minimum atomic E-state index is -0.657. The number of amides is 2. The van der Waals surface area contributed by atoms with Crippen molar-refractivity contribution >= 4 is 12.0 Å². The van der Waals surface area contributed by atoms with Gasteiger partial charge in [0.25, 0.3) is 0 Å². The second-order valence-electron chi connectivity index (χ2n) is 6.08. The molecule has 2 N–H and O–H groups in total. The maximum atomic E-state index is 12.5. The molecule has 0 saturated carbocycles. The van der Waals surface area contributed by atoms with Gasteiger partial charge in [0.1, 0.15) is 11.5 Å².